The highest BCUT2D eigenvalue weighted by atomic mass is 19.3. The second-order valence-corrected chi connectivity index (χ2v) is 4.72. The molecule has 0 unspecified atom stereocenters. The van der Waals surface area contributed by atoms with E-state index in [-0.39, 0.29) is 11.1 Å². The van der Waals surface area contributed by atoms with Crippen LogP contribution in [0.4, 0.5) is 8.78 Å². The van der Waals surface area contributed by atoms with Crippen molar-refractivity contribution >= 4 is 5.65 Å². The van der Waals surface area contributed by atoms with E-state index in [0.29, 0.717) is 5.65 Å². The third-order valence-corrected chi connectivity index (χ3v) is 2.49. The summed E-state index contributed by atoms with van der Waals surface area (Å²) in [6, 6.07) is 3.11. The summed E-state index contributed by atoms with van der Waals surface area (Å²) >= 11 is 0. The smallest absolute Gasteiger partial charge is 0.215 e. The lowest BCUT2D eigenvalue weighted by molar-refractivity contribution is 0.143. The number of hydrogen-bond donors (Lipinski definition) is 0. The summed E-state index contributed by atoms with van der Waals surface area (Å²) in [7, 11) is 0. The molecule has 2 aromatic heterocycles. The van der Waals surface area contributed by atoms with Gasteiger partial charge >= 0.3 is 0 Å². The average molecular weight is 225 g/mol. The lowest BCUT2D eigenvalue weighted by atomic mass is 9.87. The van der Waals surface area contributed by atoms with Gasteiger partial charge in [0.25, 0.3) is 6.43 Å². The van der Waals surface area contributed by atoms with Gasteiger partial charge in [-0.25, -0.2) is 18.3 Å². The van der Waals surface area contributed by atoms with Crippen molar-refractivity contribution in [1.29, 1.82) is 0 Å². The summed E-state index contributed by atoms with van der Waals surface area (Å²) in [6.07, 6.45) is -1.24. The van der Waals surface area contributed by atoms with Gasteiger partial charge in [-0.2, -0.15) is 5.10 Å². The largest absolute Gasteiger partial charge is 0.280 e. The minimum atomic E-state index is -2.54. The number of rotatable bonds is 1. The van der Waals surface area contributed by atoms with Crippen LogP contribution in [0.15, 0.2) is 18.5 Å². The summed E-state index contributed by atoms with van der Waals surface area (Å²) in [5.41, 5.74) is 1.15. The molecule has 0 radical (unpaired) electrons. The van der Waals surface area contributed by atoms with Gasteiger partial charge < -0.3 is 0 Å². The third-order valence-electron chi connectivity index (χ3n) is 2.49. The van der Waals surface area contributed by atoms with E-state index in [0.717, 1.165) is 5.56 Å². The van der Waals surface area contributed by atoms with Crippen molar-refractivity contribution in [2.45, 2.75) is 32.6 Å². The van der Waals surface area contributed by atoms with Crippen LogP contribution in [0.3, 0.4) is 0 Å². The maximum atomic E-state index is 12.7. The number of halogens is 2. The molecule has 0 fully saturated rings. The van der Waals surface area contributed by atoms with Gasteiger partial charge in [-0.05, 0) is 11.5 Å². The number of fused-ring (bicyclic) bond motifs is 1. The summed E-state index contributed by atoms with van der Waals surface area (Å²) in [6.45, 7) is 6.04. The molecule has 0 N–H and O–H groups in total. The van der Waals surface area contributed by atoms with Gasteiger partial charge in [-0.1, -0.05) is 26.8 Å². The lowest BCUT2D eigenvalue weighted by Gasteiger charge is -2.20. The van der Waals surface area contributed by atoms with Crippen molar-refractivity contribution in [2.24, 2.45) is 0 Å². The first-order valence-corrected chi connectivity index (χ1v) is 5.02. The third kappa shape index (κ3) is 1.66. The molecular formula is C11H13F2N3. The second-order valence-electron chi connectivity index (χ2n) is 4.72. The Labute approximate surface area is 92.1 Å². The van der Waals surface area contributed by atoms with Crippen molar-refractivity contribution in [3.63, 3.8) is 0 Å². The molecule has 0 bridgehead atoms. The lowest BCUT2D eigenvalue weighted by Crippen LogP contribution is -2.14. The Kier molecular flexibility index (Phi) is 2.40. The monoisotopic (exact) mass is 225 g/mol. The van der Waals surface area contributed by atoms with E-state index in [9.17, 15) is 8.78 Å². The highest BCUT2D eigenvalue weighted by Crippen LogP contribution is 2.28. The van der Waals surface area contributed by atoms with Gasteiger partial charge in [-0.15, -0.1) is 0 Å². The van der Waals surface area contributed by atoms with Crippen molar-refractivity contribution in [3.05, 3.63) is 29.7 Å². The van der Waals surface area contributed by atoms with E-state index in [2.05, 4.69) is 10.1 Å². The van der Waals surface area contributed by atoms with Crippen molar-refractivity contribution < 1.29 is 8.78 Å². The average Bonchev–Trinajstić information content (AvgIpc) is 2.61. The van der Waals surface area contributed by atoms with E-state index in [4.69, 9.17) is 0 Å². The van der Waals surface area contributed by atoms with Crippen LogP contribution in [0.5, 0.6) is 0 Å². The zero-order valence-electron chi connectivity index (χ0n) is 9.41. The Morgan fingerprint density at radius 1 is 1.25 bits per heavy atom. The Hall–Kier alpha value is -1.52. The Morgan fingerprint density at radius 2 is 1.94 bits per heavy atom. The van der Waals surface area contributed by atoms with E-state index in [1.54, 1.807) is 6.07 Å². The van der Waals surface area contributed by atoms with Gasteiger partial charge in [0.2, 0.25) is 0 Å². The Bertz CT molecular complexity index is 511. The SMILES string of the molecule is CC(C)(C)c1ccc(C(F)F)n2ncnc12. The molecule has 0 atom stereocenters. The first-order valence-electron chi connectivity index (χ1n) is 5.02. The van der Waals surface area contributed by atoms with Crippen LogP contribution in [0.2, 0.25) is 0 Å². The first kappa shape index (κ1) is 11.0. The summed E-state index contributed by atoms with van der Waals surface area (Å²) in [5, 5.41) is 3.84. The van der Waals surface area contributed by atoms with Gasteiger partial charge in [-0.3, -0.25) is 0 Å². The highest BCUT2D eigenvalue weighted by molar-refractivity contribution is 5.51. The maximum absolute atomic E-state index is 12.7. The molecule has 0 aliphatic carbocycles. The molecule has 2 heterocycles. The minimum Gasteiger partial charge on any atom is -0.215 e. The van der Waals surface area contributed by atoms with Crippen molar-refractivity contribution in [2.75, 3.05) is 0 Å². The first-order chi connectivity index (χ1) is 7.41. The molecule has 0 saturated carbocycles. The van der Waals surface area contributed by atoms with E-state index in [1.165, 1.54) is 16.9 Å². The van der Waals surface area contributed by atoms with E-state index >= 15 is 0 Å². The molecule has 2 rings (SSSR count). The minimum absolute atomic E-state index is 0.125. The van der Waals surface area contributed by atoms with Crippen LogP contribution in [-0.4, -0.2) is 14.6 Å². The van der Waals surface area contributed by atoms with Gasteiger partial charge in [0.15, 0.2) is 5.65 Å². The molecule has 0 spiro atoms. The van der Waals surface area contributed by atoms with Crippen LogP contribution < -0.4 is 0 Å². The van der Waals surface area contributed by atoms with E-state index in [1.807, 2.05) is 20.8 Å². The molecule has 0 aliphatic rings. The normalized spacial score (nSPS) is 12.6. The quantitative estimate of drug-likeness (QED) is 0.746. The van der Waals surface area contributed by atoms with Crippen LogP contribution in [-0.2, 0) is 5.41 Å². The molecule has 2 aromatic rings. The fourth-order valence-corrected chi connectivity index (χ4v) is 1.68. The van der Waals surface area contributed by atoms with Crippen LogP contribution >= 0.6 is 0 Å². The van der Waals surface area contributed by atoms with E-state index < -0.39 is 6.43 Å². The number of alkyl halides is 2. The molecule has 0 aromatic carbocycles. The topological polar surface area (TPSA) is 30.2 Å². The number of pyridine rings is 1. The van der Waals surface area contributed by atoms with Crippen LogP contribution in [0.1, 0.15) is 38.5 Å². The molecule has 0 aliphatic heterocycles. The fourth-order valence-electron chi connectivity index (χ4n) is 1.68. The van der Waals surface area contributed by atoms with Crippen molar-refractivity contribution in [3.8, 4) is 0 Å². The zero-order valence-corrected chi connectivity index (χ0v) is 9.41. The summed E-state index contributed by atoms with van der Waals surface area (Å²) in [5.74, 6) is 0. The number of hydrogen-bond acceptors (Lipinski definition) is 2. The number of nitrogens with zero attached hydrogens (tertiary/aromatic N) is 3. The second kappa shape index (κ2) is 3.50. The maximum Gasteiger partial charge on any atom is 0.280 e. The molecule has 5 heteroatoms. The Balaban J connectivity index is 2.74. The predicted octanol–water partition coefficient (Wildman–Crippen LogP) is 2.96. The fraction of sp³-hybridized carbons (Fsp3) is 0.455. The molecule has 86 valence electrons. The predicted molar refractivity (Wildman–Crippen MR) is 56.6 cm³/mol. The van der Waals surface area contributed by atoms with Gasteiger partial charge in [0.1, 0.15) is 12.0 Å². The standard InChI is InChI=1S/C11H13F2N3/c1-11(2,3)7-4-5-8(9(12)13)16-10(7)14-6-15-16/h4-6,9H,1-3H3. The number of aromatic nitrogens is 3. The molecule has 3 nitrogen and oxygen atoms in total. The summed E-state index contributed by atoms with van der Waals surface area (Å²) in [4.78, 5) is 4.05. The molecule has 16 heavy (non-hydrogen) atoms. The molecule has 0 saturated heterocycles. The van der Waals surface area contributed by atoms with Crippen LogP contribution in [0.25, 0.3) is 5.65 Å². The molecular weight excluding hydrogens is 212 g/mol. The summed E-state index contributed by atoms with van der Waals surface area (Å²) < 4.78 is 26.6. The Morgan fingerprint density at radius 3 is 2.50 bits per heavy atom. The van der Waals surface area contributed by atoms with Gasteiger partial charge in [0.05, 0.1) is 0 Å². The molecule has 0 amide bonds. The highest BCUT2D eigenvalue weighted by Gasteiger charge is 2.22. The van der Waals surface area contributed by atoms with Crippen LogP contribution in [0, 0.1) is 0 Å². The van der Waals surface area contributed by atoms with Gasteiger partial charge in [0, 0.05) is 5.56 Å². The zero-order chi connectivity index (χ0) is 11.9. The van der Waals surface area contributed by atoms with Crippen molar-refractivity contribution in [1.82, 2.24) is 14.6 Å².